The molecule has 0 aliphatic heterocycles. The molecule has 2 heterocycles. The first kappa shape index (κ1) is 18.7. The fraction of sp³-hybridized carbons (Fsp3) is 0.222. The van der Waals surface area contributed by atoms with Crippen LogP contribution in [-0.4, -0.2) is 9.97 Å². The Morgan fingerprint density at radius 2 is 1.84 bits per heavy atom. The summed E-state index contributed by atoms with van der Waals surface area (Å²) in [4.78, 5) is 9.53. The molecule has 0 aliphatic rings. The van der Waals surface area contributed by atoms with Gasteiger partial charge in [-0.05, 0) is 19.4 Å². The maximum Gasteiger partial charge on any atom is 0.111 e. The Labute approximate surface area is 165 Å². The number of nitrogens with zero attached hydrogens (tertiary/aromatic N) is 2. The van der Waals surface area contributed by atoms with Gasteiger partial charge in [0, 0.05) is 18.9 Å². The van der Waals surface area contributed by atoms with Crippen LogP contribution in [0, 0.1) is 6.92 Å². The van der Waals surface area contributed by atoms with Gasteiger partial charge in [-0.15, -0.1) is 11.3 Å². The zero-order valence-corrected chi connectivity index (χ0v) is 16.9. The molecule has 1 atom stereocenters. The van der Waals surface area contributed by atoms with Gasteiger partial charge in [-0.25, -0.2) is 4.98 Å². The van der Waals surface area contributed by atoms with Crippen LogP contribution in [0.1, 0.15) is 29.2 Å². The summed E-state index contributed by atoms with van der Waals surface area (Å²) < 4.78 is 1.10. The van der Waals surface area contributed by atoms with E-state index in [9.17, 15) is 0 Å². The van der Waals surface area contributed by atoms with Crippen molar-refractivity contribution in [2.24, 2.45) is 0 Å². The van der Waals surface area contributed by atoms with Crippen LogP contribution in [0.25, 0.3) is 0 Å². The van der Waals surface area contributed by atoms with Crippen molar-refractivity contribution in [2.75, 3.05) is 0 Å². The van der Waals surface area contributed by atoms with Crippen molar-refractivity contribution in [3.05, 3.63) is 69.0 Å². The number of aryl methyl sites for hydroxylation is 1. The lowest BCUT2D eigenvalue weighted by atomic mass is 10.2. The highest BCUT2D eigenvalue weighted by atomic mass is 35.5. The summed E-state index contributed by atoms with van der Waals surface area (Å²) in [5.74, 6) is 0. The maximum absolute atomic E-state index is 6.22. The highest BCUT2D eigenvalue weighted by Crippen LogP contribution is 2.42. The number of benzene rings is 1. The molecule has 130 valence electrons. The molecule has 0 amide bonds. The monoisotopic (exact) mass is 409 g/mol. The topological polar surface area (TPSA) is 37.8 Å². The number of hydrogen-bond acceptors (Lipinski definition) is 5. The number of halogens is 2. The van der Waals surface area contributed by atoms with Gasteiger partial charge < -0.3 is 5.32 Å². The number of aromatic nitrogens is 2. The summed E-state index contributed by atoms with van der Waals surface area (Å²) in [7, 11) is 0. The summed E-state index contributed by atoms with van der Waals surface area (Å²) >= 11 is 15.7. The molecule has 7 heteroatoms. The second-order valence-corrected chi connectivity index (χ2v) is 8.67. The Hall–Kier alpha value is -1.11. The van der Waals surface area contributed by atoms with Crippen LogP contribution in [0.5, 0.6) is 0 Å². The van der Waals surface area contributed by atoms with Crippen LogP contribution in [0.4, 0.5) is 0 Å². The van der Waals surface area contributed by atoms with Gasteiger partial charge in [0.15, 0.2) is 0 Å². The molecular formula is C18H17Cl2N3S2. The smallest absolute Gasteiger partial charge is 0.111 e. The van der Waals surface area contributed by atoms with E-state index >= 15 is 0 Å². The van der Waals surface area contributed by atoms with E-state index < -0.39 is 0 Å². The van der Waals surface area contributed by atoms with Crippen LogP contribution < -0.4 is 5.32 Å². The molecule has 1 aromatic carbocycles. The fourth-order valence-electron chi connectivity index (χ4n) is 2.23. The van der Waals surface area contributed by atoms with Gasteiger partial charge in [-0.2, -0.15) is 0 Å². The van der Waals surface area contributed by atoms with Crippen LogP contribution in [0.2, 0.25) is 10.0 Å². The number of hydrogen-bond donors (Lipinski definition) is 1. The van der Waals surface area contributed by atoms with E-state index in [2.05, 4.69) is 29.4 Å². The van der Waals surface area contributed by atoms with Crippen molar-refractivity contribution in [1.29, 1.82) is 0 Å². The highest BCUT2D eigenvalue weighted by molar-refractivity contribution is 8.01. The van der Waals surface area contributed by atoms with Crippen molar-refractivity contribution >= 4 is 46.3 Å². The molecule has 0 fully saturated rings. The van der Waals surface area contributed by atoms with E-state index in [1.165, 1.54) is 5.56 Å². The van der Waals surface area contributed by atoms with E-state index in [1.807, 2.05) is 25.1 Å². The molecule has 1 N–H and O–H groups in total. The largest absolute Gasteiger partial charge is 0.304 e. The van der Waals surface area contributed by atoms with E-state index in [4.69, 9.17) is 28.2 Å². The summed E-state index contributed by atoms with van der Waals surface area (Å²) in [6.07, 6.45) is 3.22. The van der Waals surface area contributed by atoms with Gasteiger partial charge >= 0.3 is 0 Å². The minimum Gasteiger partial charge on any atom is -0.304 e. The van der Waals surface area contributed by atoms with Crippen LogP contribution in [-0.2, 0) is 6.54 Å². The fourth-order valence-corrected chi connectivity index (χ4v) is 5.00. The van der Waals surface area contributed by atoms with Gasteiger partial charge in [0.25, 0.3) is 0 Å². The Bertz CT molecular complexity index is 833. The second kappa shape index (κ2) is 8.52. The molecule has 0 radical (unpaired) electrons. The molecule has 2 aromatic heterocycles. The quantitative estimate of drug-likeness (QED) is 0.529. The van der Waals surface area contributed by atoms with E-state index in [0.717, 1.165) is 26.4 Å². The van der Waals surface area contributed by atoms with Crippen molar-refractivity contribution in [3.63, 3.8) is 0 Å². The highest BCUT2D eigenvalue weighted by Gasteiger charge is 2.17. The average molecular weight is 410 g/mol. The van der Waals surface area contributed by atoms with E-state index in [-0.39, 0.29) is 6.04 Å². The number of pyridine rings is 1. The molecular weight excluding hydrogens is 393 g/mol. The molecule has 0 spiro atoms. The van der Waals surface area contributed by atoms with Crippen LogP contribution in [0.3, 0.4) is 0 Å². The number of nitrogens with one attached hydrogen (secondary N) is 1. The predicted molar refractivity (Wildman–Crippen MR) is 107 cm³/mol. The normalized spacial score (nSPS) is 12.3. The van der Waals surface area contributed by atoms with Gasteiger partial charge in [0.2, 0.25) is 0 Å². The Morgan fingerprint density at radius 3 is 2.52 bits per heavy atom. The third kappa shape index (κ3) is 4.74. The molecule has 0 saturated carbocycles. The van der Waals surface area contributed by atoms with Gasteiger partial charge in [0.1, 0.15) is 5.01 Å². The average Bonchev–Trinajstić information content (AvgIpc) is 2.98. The zero-order chi connectivity index (χ0) is 17.8. The lowest BCUT2D eigenvalue weighted by Crippen LogP contribution is -2.17. The minimum atomic E-state index is 0.168. The lowest BCUT2D eigenvalue weighted by Gasteiger charge is -2.10. The minimum absolute atomic E-state index is 0.168. The molecule has 1 unspecified atom stereocenters. The molecule has 0 aliphatic carbocycles. The second-order valence-electron chi connectivity index (χ2n) is 5.55. The third-order valence-electron chi connectivity index (χ3n) is 3.60. The molecule has 3 aromatic rings. The van der Waals surface area contributed by atoms with E-state index in [0.29, 0.717) is 10.0 Å². The lowest BCUT2D eigenvalue weighted by molar-refractivity contribution is 0.571. The predicted octanol–water partition coefficient (Wildman–Crippen LogP) is 6.16. The standard InChI is InChI=1S/C18H17Cl2N3S2/c1-11(22-8-13-6-4-3-5-7-13)17-23-12(2)18(25-17)24-16-14(19)9-21-10-15(16)20/h3-7,9-11,22H,8H2,1-2H3. The number of rotatable bonds is 6. The first-order chi connectivity index (χ1) is 12.0. The van der Waals surface area contributed by atoms with E-state index in [1.54, 1.807) is 35.5 Å². The van der Waals surface area contributed by atoms with Crippen molar-refractivity contribution < 1.29 is 0 Å². The number of thiazole rings is 1. The summed E-state index contributed by atoms with van der Waals surface area (Å²) in [5, 5.41) is 5.69. The molecule has 3 rings (SSSR count). The molecule has 0 bridgehead atoms. The van der Waals surface area contributed by atoms with Gasteiger partial charge in [-0.3, -0.25) is 4.98 Å². The third-order valence-corrected chi connectivity index (χ3v) is 7.16. The first-order valence-electron chi connectivity index (χ1n) is 7.76. The van der Waals surface area contributed by atoms with Gasteiger partial charge in [-0.1, -0.05) is 65.3 Å². The Kier molecular flexibility index (Phi) is 6.36. The molecule has 0 saturated heterocycles. The molecule has 25 heavy (non-hydrogen) atoms. The van der Waals surface area contributed by atoms with Crippen molar-refractivity contribution in [1.82, 2.24) is 15.3 Å². The summed E-state index contributed by atoms with van der Waals surface area (Å²) in [5.41, 5.74) is 2.25. The SMILES string of the molecule is Cc1nc(C(C)NCc2ccccc2)sc1Sc1c(Cl)cncc1Cl. The summed E-state index contributed by atoms with van der Waals surface area (Å²) in [6, 6.07) is 10.5. The van der Waals surface area contributed by atoms with Crippen molar-refractivity contribution in [3.8, 4) is 0 Å². The maximum atomic E-state index is 6.22. The zero-order valence-electron chi connectivity index (χ0n) is 13.8. The van der Waals surface area contributed by atoms with Crippen molar-refractivity contribution in [2.45, 2.75) is 35.5 Å². The van der Waals surface area contributed by atoms with Gasteiger partial charge in [0.05, 0.1) is 30.9 Å². The van der Waals surface area contributed by atoms with Crippen LogP contribution in [0.15, 0.2) is 51.8 Å². The molecule has 3 nitrogen and oxygen atoms in total. The summed E-state index contributed by atoms with van der Waals surface area (Å²) in [6.45, 7) is 4.95. The Morgan fingerprint density at radius 1 is 1.16 bits per heavy atom. The Balaban J connectivity index is 1.71. The first-order valence-corrected chi connectivity index (χ1v) is 10.1. The van der Waals surface area contributed by atoms with Crippen LogP contribution >= 0.6 is 46.3 Å².